The predicted molar refractivity (Wildman–Crippen MR) is 84.3 cm³/mol. The SMILES string of the molecule is CN(C)c1cccc(CN(C)c2cc(Cl)nc(N)n2)c1. The van der Waals surface area contributed by atoms with Crippen LogP contribution in [0.1, 0.15) is 5.56 Å². The van der Waals surface area contributed by atoms with Crippen LogP contribution in [0.3, 0.4) is 0 Å². The number of hydrogen-bond acceptors (Lipinski definition) is 5. The fourth-order valence-corrected chi connectivity index (χ4v) is 2.09. The molecule has 0 spiro atoms. The molecule has 106 valence electrons. The van der Waals surface area contributed by atoms with Crippen LogP contribution in [0.5, 0.6) is 0 Å². The van der Waals surface area contributed by atoms with Crippen LogP contribution in [-0.2, 0) is 6.54 Å². The van der Waals surface area contributed by atoms with Gasteiger partial charge in [0, 0.05) is 39.4 Å². The van der Waals surface area contributed by atoms with Crippen LogP contribution >= 0.6 is 11.6 Å². The zero-order valence-electron chi connectivity index (χ0n) is 11.8. The highest BCUT2D eigenvalue weighted by molar-refractivity contribution is 6.29. The Bertz CT molecular complexity index is 580. The maximum Gasteiger partial charge on any atom is 0.223 e. The summed E-state index contributed by atoms with van der Waals surface area (Å²) in [5.41, 5.74) is 7.96. The van der Waals surface area contributed by atoms with Crippen LogP contribution in [0, 0.1) is 0 Å². The summed E-state index contributed by atoms with van der Waals surface area (Å²) in [4.78, 5) is 12.1. The maximum atomic E-state index is 5.90. The molecular formula is C14H18ClN5. The Morgan fingerprint density at radius 2 is 1.90 bits per heavy atom. The van der Waals surface area contributed by atoms with Gasteiger partial charge in [-0.2, -0.15) is 4.98 Å². The molecule has 0 aliphatic carbocycles. The van der Waals surface area contributed by atoms with Crippen molar-refractivity contribution < 1.29 is 0 Å². The highest BCUT2D eigenvalue weighted by Crippen LogP contribution is 2.19. The minimum absolute atomic E-state index is 0.182. The first-order chi connectivity index (χ1) is 9.45. The van der Waals surface area contributed by atoms with E-state index in [0.717, 1.165) is 5.69 Å². The van der Waals surface area contributed by atoms with Gasteiger partial charge in [0.1, 0.15) is 11.0 Å². The van der Waals surface area contributed by atoms with E-state index in [1.165, 1.54) is 5.56 Å². The third-order valence-electron chi connectivity index (χ3n) is 2.94. The second kappa shape index (κ2) is 5.96. The molecule has 0 bridgehead atoms. The summed E-state index contributed by atoms with van der Waals surface area (Å²) in [5, 5.41) is 0.349. The van der Waals surface area contributed by atoms with Gasteiger partial charge in [0.15, 0.2) is 0 Å². The Morgan fingerprint density at radius 1 is 1.15 bits per heavy atom. The number of benzene rings is 1. The lowest BCUT2D eigenvalue weighted by atomic mass is 10.2. The normalized spacial score (nSPS) is 10.4. The van der Waals surface area contributed by atoms with E-state index in [0.29, 0.717) is 17.5 Å². The lowest BCUT2D eigenvalue weighted by molar-refractivity contribution is 0.892. The third-order valence-corrected chi connectivity index (χ3v) is 3.13. The second-order valence-corrected chi connectivity index (χ2v) is 5.21. The van der Waals surface area contributed by atoms with Crippen molar-refractivity contribution >= 4 is 29.1 Å². The van der Waals surface area contributed by atoms with Crippen molar-refractivity contribution in [1.29, 1.82) is 0 Å². The Hall–Kier alpha value is -2.01. The van der Waals surface area contributed by atoms with E-state index < -0.39 is 0 Å². The number of anilines is 3. The first kappa shape index (κ1) is 14.4. The number of nitrogens with two attached hydrogens (primary N) is 1. The molecular weight excluding hydrogens is 274 g/mol. The molecule has 1 aromatic carbocycles. The van der Waals surface area contributed by atoms with Gasteiger partial charge in [0.25, 0.3) is 0 Å². The second-order valence-electron chi connectivity index (χ2n) is 4.83. The molecule has 0 fully saturated rings. The van der Waals surface area contributed by atoms with Gasteiger partial charge in [-0.1, -0.05) is 23.7 Å². The van der Waals surface area contributed by atoms with Crippen LogP contribution in [-0.4, -0.2) is 31.1 Å². The molecule has 2 N–H and O–H groups in total. The monoisotopic (exact) mass is 291 g/mol. The lowest BCUT2D eigenvalue weighted by Crippen LogP contribution is -2.19. The van der Waals surface area contributed by atoms with Gasteiger partial charge in [0.05, 0.1) is 0 Å². The Kier molecular flexibility index (Phi) is 4.29. The van der Waals surface area contributed by atoms with Crippen LogP contribution in [0.4, 0.5) is 17.5 Å². The standard InChI is InChI=1S/C14H18ClN5/c1-19(2)11-6-4-5-10(7-11)9-20(3)13-8-12(15)17-14(16)18-13/h4-8H,9H2,1-3H3,(H2,16,17,18). The van der Waals surface area contributed by atoms with Crippen molar-refractivity contribution in [1.82, 2.24) is 9.97 Å². The van der Waals surface area contributed by atoms with Gasteiger partial charge in [-0.25, -0.2) is 4.98 Å². The summed E-state index contributed by atoms with van der Waals surface area (Å²) in [6.45, 7) is 0.717. The fraction of sp³-hybridized carbons (Fsp3) is 0.286. The molecule has 2 aromatic rings. The molecule has 0 amide bonds. The summed E-state index contributed by atoms with van der Waals surface area (Å²) in [6.07, 6.45) is 0. The van der Waals surface area contributed by atoms with E-state index >= 15 is 0 Å². The van der Waals surface area contributed by atoms with Crippen molar-refractivity contribution in [3.63, 3.8) is 0 Å². The van der Waals surface area contributed by atoms with E-state index in [9.17, 15) is 0 Å². The topological polar surface area (TPSA) is 58.3 Å². The summed E-state index contributed by atoms with van der Waals surface area (Å²) in [7, 11) is 5.99. The smallest absolute Gasteiger partial charge is 0.223 e. The number of halogens is 1. The minimum Gasteiger partial charge on any atom is -0.378 e. The van der Waals surface area contributed by atoms with Gasteiger partial charge >= 0.3 is 0 Å². The average molecular weight is 292 g/mol. The van der Waals surface area contributed by atoms with Gasteiger partial charge < -0.3 is 15.5 Å². The fourth-order valence-electron chi connectivity index (χ4n) is 1.91. The Morgan fingerprint density at radius 3 is 2.55 bits per heavy atom. The largest absolute Gasteiger partial charge is 0.378 e. The van der Waals surface area contributed by atoms with Crippen LogP contribution in [0.25, 0.3) is 0 Å². The van der Waals surface area contributed by atoms with Crippen molar-refractivity contribution in [3.8, 4) is 0 Å². The molecule has 5 nitrogen and oxygen atoms in total. The molecule has 1 aromatic heterocycles. The summed E-state index contributed by atoms with van der Waals surface area (Å²) in [5.74, 6) is 0.888. The van der Waals surface area contributed by atoms with Crippen molar-refractivity contribution in [3.05, 3.63) is 41.0 Å². The summed E-state index contributed by atoms with van der Waals surface area (Å²) >= 11 is 5.90. The van der Waals surface area contributed by atoms with Gasteiger partial charge in [-0.05, 0) is 17.7 Å². The molecule has 0 saturated heterocycles. The molecule has 0 atom stereocenters. The number of nitrogen functional groups attached to an aromatic ring is 1. The minimum atomic E-state index is 0.182. The number of aromatic nitrogens is 2. The Balaban J connectivity index is 2.18. The molecule has 0 unspecified atom stereocenters. The van der Waals surface area contributed by atoms with Gasteiger partial charge in [-0.15, -0.1) is 0 Å². The molecule has 1 heterocycles. The number of hydrogen-bond donors (Lipinski definition) is 1. The number of rotatable bonds is 4. The molecule has 6 heteroatoms. The van der Waals surface area contributed by atoms with Crippen molar-refractivity contribution in [2.45, 2.75) is 6.54 Å². The number of nitrogens with zero attached hydrogens (tertiary/aromatic N) is 4. The van der Waals surface area contributed by atoms with Crippen molar-refractivity contribution in [2.75, 3.05) is 36.7 Å². The van der Waals surface area contributed by atoms with Crippen molar-refractivity contribution in [2.24, 2.45) is 0 Å². The highest BCUT2D eigenvalue weighted by Gasteiger charge is 2.07. The van der Waals surface area contributed by atoms with Crippen LogP contribution in [0.15, 0.2) is 30.3 Å². The molecule has 20 heavy (non-hydrogen) atoms. The summed E-state index contributed by atoms with van der Waals surface area (Å²) in [6, 6.07) is 10.0. The molecule has 0 saturated carbocycles. The first-order valence-electron chi connectivity index (χ1n) is 6.23. The third kappa shape index (κ3) is 3.51. The van der Waals surface area contributed by atoms with E-state index in [2.05, 4.69) is 33.1 Å². The lowest BCUT2D eigenvalue weighted by Gasteiger charge is -2.20. The van der Waals surface area contributed by atoms with Gasteiger partial charge in [0.2, 0.25) is 5.95 Å². The highest BCUT2D eigenvalue weighted by atomic mass is 35.5. The van der Waals surface area contributed by atoms with E-state index in [-0.39, 0.29) is 5.95 Å². The average Bonchev–Trinajstić information content (AvgIpc) is 2.37. The molecule has 0 aliphatic heterocycles. The quantitative estimate of drug-likeness (QED) is 0.877. The van der Waals surface area contributed by atoms with Crippen LogP contribution in [0.2, 0.25) is 5.15 Å². The molecule has 0 aliphatic rings. The summed E-state index contributed by atoms with van der Waals surface area (Å²) < 4.78 is 0. The maximum absolute atomic E-state index is 5.90. The molecule has 0 radical (unpaired) electrons. The van der Waals surface area contributed by atoms with Crippen LogP contribution < -0.4 is 15.5 Å². The zero-order valence-corrected chi connectivity index (χ0v) is 12.6. The van der Waals surface area contributed by atoms with E-state index in [1.54, 1.807) is 6.07 Å². The zero-order chi connectivity index (χ0) is 14.7. The predicted octanol–water partition coefficient (Wildman–Crippen LogP) is 2.41. The first-order valence-corrected chi connectivity index (χ1v) is 6.61. The molecule has 2 rings (SSSR count). The van der Waals surface area contributed by atoms with E-state index in [4.69, 9.17) is 17.3 Å². The van der Waals surface area contributed by atoms with Gasteiger partial charge in [-0.3, -0.25) is 0 Å². The van der Waals surface area contributed by atoms with E-state index in [1.807, 2.05) is 32.1 Å². The Labute approximate surface area is 124 Å².